The molecule has 0 radical (unpaired) electrons. The maximum Gasteiger partial charge on any atom is 0.262 e. The summed E-state index contributed by atoms with van der Waals surface area (Å²) in [5.74, 6) is 1.28. The summed E-state index contributed by atoms with van der Waals surface area (Å²) in [7, 11) is 0. The molecule has 0 aliphatic carbocycles. The number of rotatable bonds is 5. The summed E-state index contributed by atoms with van der Waals surface area (Å²) in [5, 5.41) is 8.60. The van der Waals surface area contributed by atoms with Crippen molar-refractivity contribution in [2.75, 3.05) is 13.1 Å². The van der Waals surface area contributed by atoms with E-state index >= 15 is 0 Å². The van der Waals surface area contributed by atoms with Gasteiger partial charge in [-0.1, -0.05) is 25.1 Å². The minimum Gasteiger partial charge on any atom is -0.341 e. The first-order valence-corrected chi connectivity index (χ1v) is 9.77. The molecule has 0 saturated carbocycles. The Morgan fingerprint density at radius 1 is 1.35 bits per heavy atom. The quantitative estimate of drug-likeness (QED) is 0.866. The molecule has 1 aliphatic rings. The van der Waals surface area contributed by atoms with Gasteiger partial charge in [-0.25, -0.2) is 0 Å². The summed E-state index contributed by atoms with van der Waals surface area (Å²) >= 11 is 1.37. The van der Waals surface area contributed by atoms with Gasteiger partial charge < -0.3 is 14.7 Å². The molecule has 1 N–H and O–H groups in total. The number of nitrogens with zero attached hydrogens (tertiary/aromatic N) is 3. The molecule has 2 aromatic heterocycles. The first-order valence-electron chi connectivity index (χ1n) is 8.89. The number of piperidine rings is 1. The molecule has 0 bridgehead atoms. The predicted molar refractivity (Wildman–Crippen MR) is 98.0 cm³/mol. The molecular formula is C18H24N4O3S. The van der Waals surface area contributed by atoms with Crippen molar-refractivity contribution in [2.45, 2.75) is 45.6 Å². The molecule has 2 amide bonds. The third-order valence-electron chi connectivity index (χ3n) is 4.66. The van der Waals surface area contributed by atoms with Crippen LogP contribution in [0.2, 0.25) is 0 Å². The van der Waals surface area contributed by atoms with Gasteiger partial charge in [-0.3, -0.25) is 9.59 Å². The van der Waals surface area contributed by atoms with Crippen molar-refractivity contribution in [3.05, 3.63) is 34.1 Å². The Hall–Kier alpha value is -2.22. The number of thiophene rings is 1. The van der Waals surface area contributed by atoms with Crippen LogP contribution in [0.1, 0.15) is 54.0 Å². The Morgan fingerprint density at radius 3 is 2.62 bits per heavy atom. The molecule has 26 heavy (non-hydrogen) atoms. The zero-order chi connectivity index (χ0) is 18.7. The minimum absolute atomic E-state index is 0.0164. The van der Waals surface area contributed by atoms with Crippen molar-refractivity contribution >= 4 is 23.2 Å². The Morgan fingerprint density at radius 2 is 2.08 bits per heavy atom. The summed E-state index contributed by atoms with van der Waals surface area (Å²) in [5.41, 5.74) is 0. The van der Waals surface area contributed by atoms with E-state index in [2.05, 4.69) is 15.5 Å². The van der Waals surface area contributed by atoms with E-state index in [4.69, 9.17) is 4.52 Å². The van der Waals surface area contributed by atoms with Crippen LogP contribution in [0.3, 0.4) is 0 Å². The maximum atomic E-state index is 13.0. The van der Waals surface area contributed by atoms with Gasteiger partial charge in [-0.15, -0.1) is 11.3 Å². The van der Waals surface area contributed by atoms with Crippen molar-refractivity contribution in [1.82, 2.24) is 20.4 Å². The smallest absolute Gasteiger partial charge is 0.262 e. The highest BCUT2D eigenvalue weighted by Gasteiger charge is 2.33. The number of hydrogen-bond donors (Lipinski definition) is 1. The van der Waals surface area contributed by atoms with Gasteiger partial charge in [0.05, 0.1) is 4.88 Å². The van der Waals surface area contributed by atoms with E-state index in [-0.39, 0.29) is 23.7 Å². The van der Waals surface area contributed by atoms with E-state index in [1.54, 1.807) is 13.0 Å². The Balaban J connectivity index is 1.60. The first-order chi connectivity index (χ1) is 12.5. The molecule has 1 aliphatic heterocycles. The topological polar surface area (TPSA) is 88.3 Å². The molecule has 1 unspecified atom stereocenters. The van der Waals surface area contributed by atoms with E-state index in [9.17, 15) is 9.59 Å². The van der Waals surface area contributed by atoms with Gasteiger partial charge in [0.25, 0.3) is 5.91 Å². The zero-order valence-corrected chi connectivity index (χ0v) is 16.1. The molecule has 3 rings (SSSR count). The number of carbonyl (C=O) groups excluding carboxylic acids is 2. The van der Waals surface area contributed by atoms with Crippen LogP contribution in [0.4, 0.5) is 0 Å². The van der Waals surface area contributed by atoms with E-state index in [0.29, 0.717) is 29.7 Å². The summed E-state index contributed by atoms with van der Waals surface area (Å²) in [6, 6.07) is 3.07. The molecule has 8 heteroatoms. The maximum absolute atomic E-state index is 13.0. The molecule has 1 atom stereocenters. The second-order valence-electron chi connectivity index (χ2n) is 6.95. The third-order valence-corrected chi connectivity index (χ3v) is 5.53. The average molecular weight is 376 g/mol. The Labute approximate surface area is 156 Å². The molecule has 140 valence electrons. The van der Waals surface area contributed by atoms with Gasteiger partial charge in [-0.05, 0) is 37.1 Å². The fourth-order valence-corrected chi connectivity index (χ4v) is 3.78. The van der Waals surface area contributed by atoms with Crippen LogP contribution in [-0.4, -0.2) is 46.0 Å². The van der Waals surface area contributed by atoms with Crippen LogP contribution in [0.25, 0.3) is 0 Å². The average Bonchev–Trinajstić information content (AvgIpc) is 3.30. The van der Waals surface area contributed by atoms with Crippen LogP contribution in [0, 0.1) is 12.8 Å². The lowest BCUT2D eigenvalue weighted by Crippen LogP contribution is -2.52. The fraction of sp³-hybridized carbons (Fsp3) is 0.556. The zero-order valence-electron chi connectivity index (χ0n) is 15.3. The second-order valence-corrected chi connectivity index (χ2v) is 7.90. The standard InChI is InChI=1S/C18H24N4O3S/c1-11(2)15(20-16(23)14-5-4-10-26-14)18(24)22-8-6-13(7-9-22)17-19-12(3)21-25-17/h4-5,10-11,13,15H,6-9H2,1-3H3,(H,20,23). The monoisotopic (exact) mass is 376 g/mol. The van der Waals surface area contributed by atoms with Crippen molar-refractivity contribution in [2.24, 2.45) is 5.92 Å². The highest BCUT2D eigenvalue weighted by atomic mass is 32.1. The van der Waals surface area contributed by atoms with E-state index in [0.717, 1.165) is 12.8 Å². The van der Waals surface area contributed by atoms with E-state index < -0.39 is 6.04 Å². The Bertz CT molecular complexity index is 748. The number of likely N-dealkylation sites (tertiary alicyclic amines) is 1. The van der Waals surface area contributed by atoms with Crippen molar-refractivity contribution < 1.29 is 14.1 Å². The lowest BCUT2D eigenvalue weighted by molar-refractivity contribution is -0.135. The molecule has 1 fully saturated rings. The predicted octanol–water partition coefficient (Wildman–Crippen LogP) is 2.60. The van der Waals surface area contributed by atoms with Crippen LogP contribution < -0.4 is 5.32 Å². The van der Waals surface area contributed by atoms with Gasteiger partial charge in [0.15, 0.2) is 5.82 Å². The van der Waals surface area contributed by atoms with Crippen molar-refractivity contribution in [3.8, 4) is 0 Å². The molecule has 7 nitrogen and oxygen atoms in total. The van der Waals surface area contributed by atoms with Gasteiger partial charge in [0, 0.05) is 19.0 Å². The van der Waals surface area contributed by atoms with E-state index in [1.165, 1.54) is 11.3 Å². The largest absolute Gasteiger partial charge is 0.341 e. The van der Waals surface area contributed by atoms with Crippen LogP contribution in [0.15, 0.2) is 22.0 Å². The van der Waals surface area contributed by atoms with Crippen LogP contribution in [0.5, 0.6) is 0 Å². The van der Waals surface area contributed by atoms with Gasteiger partial charge in [-0.2, -0.15) is 4.98 Å². The number of hydrogen-bond acceptors (Lipinski definition) is 6. The van der Waals surface area contributed by atoms with Crippen LogP contribution in [-0.2, 0) is 4.79 Å². The molecule has 0 aromatic carbocycles. The molecular weight excluding hydrogens is 352 g/mol. The molecule has 1 saturated heterocycles. The lowest BCUT2D eigenvalue weighted by Gasteiger charge is -2.34. The summed E-state index contributed by atoms with van der Waals surface area (Å²) in [4.78, 5) is 32.1. The highest BCUT2D eigenvalue weighted by molar-refractivity contribution is 7.12. The minimum atomic E-state index is -0.521. The number of nitrogens with one attached hydrogen (secondary N) is 1. The van der Waals surface area contributed by atoms with Crippen LogP contribution >= 0.6 is 11.3 Å². The fourth-order valence-electron chi connectivity index (χ4n) is 3.16. The lowest BCUT2D eigenvalue weighted by atomic mass is 9.95. The number of amides is 2. The molecule has 2 aromatic rings. The summed E-state index contributed by atoms with van der Waals surface area (Å²) in [6.07, 6.45) is 1.58. The molecule has 3 heterocycles. The van der Waals surface area contributed by atoms with Crippen molar-refractivity contribution in [1.29, 1.82) is 0 Å². The highest BCUT2D eigenvalue weighted by Crippen LogP contribution is 2.27. The van der Waals surface area contributed by atoms with Gasteiger partial charge in [0.1, 0.15) is 6.04 Å². The first kappa shape index (κ1) is 18.6. The van der Waals surface area contributed by atoms with E-state index in [1.807, 2.05) is 30.2 Å². The molecule has 0 spiro atoms. The normalized spacial score (nSPS) is 16.7. The SMILES string of the molecule is Cc1noc(C2CCN(C(=O)C(NC(=O)c3cccs3)C(C)C)CC2)n1. The number of aromatic nitrogens is 2. The second kappa shape index (κ2) is 7.99. The number of carbonyl (C=O) groups is 2. The van der Waals surface area contributed by atoms with Gasteiger partial charge >= 0.3 is 0 Å². The third kappa shape index (κ3) is 4.12. The summed E-state index contributed by atoms with van der Waals surface area (Å²) in [6.45, 7) is 6.96. The Kier molecular flexibility index (Phi) is 5.70. The summed E-state index contributed by atoms with van der Waals surface area (Å²) < 4.78 is 5.26. The van der Waals surface area contributed by atoms with Crippen molar-refractivity contribution in [3.63, 3.8) is 0 Å². The number of aryl methyl sites for hydroxylation is 1. The van der Waals surface area contributed by atoms with Gasteiger partial charge in [0.2, 0.25) is 11.8 Å².